The number of aromatic amines is 1. The number of aromatic nitrogens is 2. The zero-order valence-electron chi connectivity index (χ0n) is 22.1. The standard InChI is InChI=1S/C31H33N5O2/c1-21-14-24(20-36-12-10-35(3)11-13-36)17-27(15-21)31(38)33-28-8-4-22(2)25(18-28)6-5-23-16-26-7-9-29(37)34-30(26)32-19-23/h4-9,14-19H,10-13,20H2,1-3H3,(H,33,38)(H,32,34,37)/b6-5+. The van der Waals surface area contributed by atoms with Crippen molar-refractivity contribution in [2.45, 2.75) is 20.4 Å². The summed E-state index contributed by atoms with van der Waals surface area (Å²) >= 11 is 0. The number of hydrogen-bond acceptors (Lipinski definition) is 5. The monoisotopic (exact) mass is 507 g/mol. The van der Waals surface area contributed by atoms with Crippen LogP contribution < -0.4 is 10.9 Å². The molecule has 0 saturated carbocycles. The van der Waals surface area contributed by atoms with Gasteiger partial charge in [0, 0.05) is 61.6 Å². The van der Waals surface area contributed by atoms with Gasteiger partial charge in [-0.15, -0.1) is 0 Å². The summed E-state index contributed by atoms with van der Waals surface area (Å²) in [5.74, 6) is -0.111. The van der Waals surface area contributed by atoms with Crippen LogP contribution >= 0.6 is 0 Å². The number of nitrogens with zero attached hydrogens (tertiary/aromatic N) is 3. The predicted molar refractivity (Wildman–Crippen MR) is 154 cm³/mol. The van der Waals surface area contributed by atoms with Crippen LogP contribution in [0.2, 0.25) is 0 Å². The SMILES string of the molecule is Cc1cc(CN2CCN(C)CC2)cc(C(=O)Nc2ccc(C)c(/C=C/c3cnc4[nH]c(=O)ccc4c3)c2)c1. The minimum atomic E-state index is -0.167. The summed E-state index contributed by atoms with van der Waals surface area (Å²) in [5, 5.41) is 3.95. The first kappa shape index (κ1) is 25.6. The number of benzene rings is 2. The molecule has 1 aliphatic rings. The lowest BCUT2D eigenvalue weighted by Crippen LogP contribution is -2.43. The van der Waals surface area contributed by atoms with E-state index in [-0.39, 0.29) is 11.5 Å². The van der Waals surface area contributed by atoms with Crippen LogP contribution in [0.3, 0.4) is 0 Å². The lowest BCUT2D eigenvalue weighted by molar-refractivity contribution is 0.102. The number of amides is 1. The van der Waals surface area contributed by atoms with Crippen LogP contribution in [0.15, 0.2) is 65.6 Å². The molecule has 0 radical (unpaired) electrons. The molecule has 1 aliphatic heterocycles. The minimum absolute atomic E-state index is 0.111. The van der Waals surface area contributed by atoms with Crippen LogP contribution in [0.4, 0.5) is 5.69 Å². The molecular weight excluding hydrogens is 474 g/mol. The second-order valence-electron chi connectivity index (χ2n) is 10.2. The first-order chi connectivity index (χ1) is 18.3. The van der Waals surface area contributed by atoms with E-state index >= 15 is 0 Å². The van der Waals surface area contributed by atoms with E-state index in [2.05, 4.69) is 38.2 Å². The number of carbonyl (C=O) groups excluding carboxylic acids is 1. The minimum Gasteiger partial charge on any atom is -0.322 e. The predicted octanol–water partition coefficient (Wildman–Crippen LogP) is 4.71. The Morgan fingerprint density at radius 2 is 1.82 bits per heavy atom. The number of aryl methyl sites for hydroxylation is 2. The Bertz CT molecular complexity index is 1560. The van der Waals surface area contributed by atoms with Gasteiger partial charge in [0.1, 0.15) is 5.65 Å². The van der Waals surface area contributed by atoms with Gasteiger partial charge in [0.2, 0.25) is 5.56 Å². The number of fused-ring (bicyclic) bond motifs is 1. The van der Waals surface area contributed by atoms with Crippen molar-refractivity contribution in [1.82, 2.24) is 19.8 Å². The fourth-order valence-corrected chi connectivity index (χ4v) is 4.78. The highest BCUT2D eigenvalue weighted by Crippen LogP contribution is 2.21. The second kappa shape index (κ2) is 11.1. The smallest absolute Gasteiger partial charge is 0.255 e. The molecule has 0 spiro atoms. The molecule has 4 aromatic rings. The Labute approximate surface area is 222 Å². The van der Waals surface area contributed by atoms with Gasteiger partial charge in [-0.1, -0.05) is 29.8 Å². The van der Waals surface area contributed by atoms with Gasteiger partial charge in [-0.2, -0.15) is 0 Å². The van der Waals surface area contributed by atoms with E-state index in [4.69, 9.17) is 0 Å². The number of piperazine rings is 1. The number of anilines is 1. The van der Waals surface area contributed by atoms with Crippen LogP contribution in [0, 0.1) is 13.8 Å². The molecule has 3 heterocycles. The van der Waals surface area contributed by atoms with Crippen LogP contribution in [0.1, 0.15) is 38.2 Å². The van der Waals surface area contributed by atoms with E-state index in [1.165, 1.54) is 11.6 Å². The van der Waals surface area contributed by atoms with Crippen LogP contribution in [0.25, 0.3) is 23.2 Å². The molecule has 38 heavy (non-hydrogen) atoms. The second-order valence-corrected chi connectivity index (χ2v) is 10.2. The molecule has 1 amide bonds. The van der Waals surface area contributed by atoms with E-state index in [9.17, 15) is 9.59 Å². The molecule has 0 atom stereocenters. The maximum Gasteiger partial charge on any atom is 0.255 e. The fraction of sp³-hybridized carbons (Fsp3) is 0.258. The van der Waals surface area contributed by atoms with E-state index in [1.807, 2.05) is 62.4 Å². The largest absolute Gasteiger partial charge is 0.322 e. The van der Waals surface area contributed by atoms with Gasteiger partial charge in [-0.25, -0.2) is 4.98 Å². The van der Waals surface area contributed by atoms with Crippen LogP contribution in [-0.2, 0) is 6.54 Å². The van der Waals surface area contributed by atoms with Crippen molar-refractivity contribution < 1.29 is 4.79 Å². The molecule has 1 saturated heterocycles. The van der Waals surface area contributed by atoms with Crippen molar-refractivity contribution in [1.29, 1.82) is 0 Å². The number of H-pyrrole nitrogens is 1. The van der Waals surface area contributed by atoms with Gasteiger partial charge < -0.3 is 15.2 Å². The van der Waals surface area contributed by atoms with Gasteiger partial charge in [0.05, 0.1) is 0 Å². The zero-order valence-corrected chi connectivity index (χ0v) is 22.1. The number of likely N-dealkylation sites (N-methyl/N-ethyl adjacent to an activating group) is 1. The summed E-state index contributed by atoms with van der Waals surface area (Å²) in [6.07, 6.45) is 5.73. The van der Waals surface area contributed by atoms with Gasteiger partial charge in [0.15, 0.2) is 0 Å². The topological polar surface area (TPSA) is 81.3 Å². The summed E-state index contributed by atoms with van der Waals surface area (Å²) in [6, 6.07) is 17.3. The van der Waals surface area contributed by atoms with Crippen molar-refractivity contribution in [2.24, 2.45) is 0 Å². The van der Waals surface area contributed by atoms with E-state index in [0.29, 0.717) is 11.2 Å². The third-order valence-electron chi connectivity index (χ3n) is 6.99. The molecule has 7 nitrogen and oxygen atoms in total. The molecule has 2 N–H and O–H groups in total. The highest BCUT2D eigenvalue weighted by Gasteiger charge is 2.15. The third-order valence-corrected chi connectivity index (χ3v) is 6.99. The number of nitrogens with one attached hydrogen (secondary N) is 2. The van der Waals surface area contributed by atoms with Gasteiger partial charge in [0.25, 0.3) is 5.91 Å². The number of carbonyl (C=O) groups is 1. The zero-order chi connectivity index (χ0) is 26.6. The summed E-state index contributed by atoms with van der Waals surface area (Å²) in [4.78, 5) is 36.6. The first-order valence-corrected chi connectivity index (χ1v) is 12.9. The van der Waals surface area contributed by atoms with Crippen LogP contribution in [-0.4, -0.2) is 58.9 Å². The lowest BCUT2D eigenvalue weighted by Gasteiger charge is -2.32. The Balaban J connectivity index is 1.30. The normalized spacial score (nSPS) is 14.8. The van der Waals surface area contributed by atoms with Crippen molar-refractivity contribution in [3.63, 3.8) is 0 Å². The molecule has 194 valence electrons. The Morgan fingerprint density at radius 3 is 2.63 bits per heavy atom. The lowest BCUT2D eigenvalue weighted by atomic mass is 10.0. The summed E-state index contributed by atoms with van der Waals surface area (Å²) < 4.78 is 0. The molecule has 7 heteroatoms. The van der Waals surface area contributed by atoms with Crippen molar-refractivity contribution >= 4 is 34.8 Å². The van der Waals surface area contributed by atoms with E-state index < -0.39 is 0 Å². The molecule has 5 rings (SSSR count). The summed E-state index contributed by atoms with van der Waals surface area (Å²) in [5.41, 5.74) is 7.10. The molecule has 0 unspecified atom stereocenters. The molecule has 0 aliphatic carbocycles. The maximum absolute atomic E-state index is 13.2. The average molecular weight is 508 g/mol. The summed E-state index contributed by atoms with van der Waals surface area (Å²) in [7, 11) is 2.16. The molecular formula is C31H33N5O2. The van der Waals surface area contributed by atoms with Crippen molar-refractivity contribution in [2.75, 3.05) is 38.5 Å². The van der Waals surface area contributed by atoms with E-state index in [0.717, 1.165) is 66.1 Å². The number of rotatable bonds is 6. The van der Waals surface area contributed by atoms with Gasteiger partial charge in [-0.3, -0.25) is 14.5 Å². The Morgan fingerprint density at radius 1 is 1.00 bits per heavy atom. The molecule has 1 fully saturated rings. The molecule has 0 bridgehead atoms. The van der Waals surface area contributed by atoms with Gasteiger partial charge >= 0.3 is 0 Å². The van der Waals surface area contributed by atoms with Crippen molar-refractivity contribution in [3.8, 4) is 0 Å². The number of pyridine rings is 2. The third kappa shape index (κ3) is 6.25. The van der Waals surface area contributed by atoms with Crippen LogP contribution in [0.5, 0.6) is 0 Å². The average Bonchev–Trinajstić information content (AvgIpc) is 2.90. The highest BCUT2D eigenvalue weighted by atomic mass is 16.1. The van der Waals surface area contributed by atoms with E-state index in [1.54, 1.807) is 12.3 Å². The van der Waals surface area contributed by atoms with Gasteiger partial charge in [-0.05, 0) is 79.5 Å². The Hall–Kier alpha value is -4.07. The summed E-state index contributed by atoms with van der Waals surface area (Å²) in [6.45, 7) is 9.16. The fourth-order valence-electron chi connectivity index (χ4n) is 4.78. The quantitative estimate of drug-likeness (QED) is 0.395. The Kier molecular flexibility index (Phi) is 7.49. The highest BCUT2D eigenvalue weighted by molar-refractivity contribution is 6.04. The number of hydrogen-bond donors (Lipinski definition) is 2. The van der Waals surface area contributed by atoms with Crippen molar-refractivity contribution in [3.05, 3.63) is 105 Å². The molecule has 2 aromatic carbocycles. The first-order valence-electron chi connectivity index (χ1n) is 12.9. The maximum atomic E-state index is 13.2. The molecule has 2 aromatic heterocycles.